The molecule has 2 nitrogen and oxygen atoms in total. The van der Waals surface area contributed by atoms with Gasteiger partial charge in [-0.3, -0.25) is 0 Å². The number of nitrogens with zero attached hydrogens (tertiary/aromatic N) is 1. The summed E-state index contributed by atoms with van der Waals surface area (Å²) in [6.45, 7) is 8.95. The molecule has 0 atom stereocenters. The number of carbonyl (C=O) groups excluding carboxylic acids is 1. The van der Waals surface area contributed by atoms with E-state index >= 15 is 0 Å². The number of hydrogen-bond acceptors (Lipinski definition) is 2. The first kappa shape index (κ1) is 12.7. The number of aliphatic imine (C=N–C) groups is 1. The lowest BCUT2D eigenvalue weighted by molar-refractivity contribution is 0.388. The van der Waals surface area contributed by atoms with Gasteiger partial charge in [0.2, 0.25) is 6.08 Å². The molecule has 0 unspecified atom stereocenters. The molecule has 1 aromatic carbocycles. The standard InChI is InChI=1S/C14H19NO/c1-10(2)14(11(3)4)12-5-7-13(8-6-12)15-9-16/h5-8,10-11,14H,1-4H3. The van der Waals surface area contributed by atoms with E-state index in [0.717, 1.165) is 0 Å². The van der Waals surface area contributed by atoms with Gasteiger partial charge in [-0.2, -0.15) is 4.99 Å². The van der Waals surface area contributed by atoms with Crippen molar-refractivity contribution in [2.75, 3.05) is 0 Å². The van der Waals surface area contributed by atoms with Crippen LogP contribution in [0.5, 0.6) is 0 Å². The van der Waals surface area contributed by atoms with Gasteiger partial charge in [0.05, 0.1) is 5.69 Å². The van der Waals surface area contributed by atoms with E-state index in [0.29, 0.717) is 23.4 Å². The molecule has 0 saturated heterocycles. The molecule has 16 heavy (non-hydrogen) atoms. The first-order valence-corrected chi connectivity index (χ1v) is 5.74. The van der Waals surface area contributed by atoms with Crippen molar-refractivity contribution in [3.63, 3.8) is 0 Å². The maximum Gasteiger partial charge on any atom is 0.240 e. The Morgan fingerprint density at radius 2 is 1.50 bits per heavy atom. The van der Waals surface area contributed by atoms with E-state index in [-0.39, 0.29) is 0 Å². The van der Waals surface area contributed by atoms with Gasteiger partial charge in [-0.05, 0) is 35.4 Å². The Hall–Kier alpha value is -1.40. The van der Waals surface area contributed by atoms with E-state index in [9.17, 15) is 4.79 Å². The Morgan fingerprint density at radius 3 is 1.88 bits per heavy atom. The van der Waals surface area contributed by atoms with Crippen molar-refractivity contribution in [1.29, 1.82) is 0 Å². The van der Waals surface area contributed by atoms with Gasteiger partial charge in [0, 0.05) is 0 Å². The molecule has 2 heteroatoms. The molecular formula is C14H19NO. The third-order valence-corrected chi connectivity index (χ3v) is 2.89. The highest BCUT2D eigenvalue weighted by molar-refractivity contribution is 5.49. The minimum atomic E-state index is 0.550. The van der Waals surface area contributed by atoms with Crippen LogP contribution < -0.4 is 0 Å². The Balaban J connectivity index is 2.98. The molecular weight excluding hydrogens is 198 g/mol. The summed E-state index contributed by atoms with van der Waals surface area (Å²) in [6, 6.07) is 7.86. The number of hydrogen-bond donors (Lipinski definition) is 0. The Bertz CT molecular complexity index is 364. The van der Waals surface area contributed by atoms with Crippen molar-refractivity contribution in [3.05, 3.63) is 29.8 Å². The quantitative estimate of drug-likeness (QED) is 0.552. The van der Waals surface area contributed by atoms with Crippen molar-refractivity contribution < 1.29 is 4.79 Å². The van der Waals surface area contributed by atoms with Crippen LogP contribution >= 0.6 is 0 Å². The number of benzene rings is 1. The highest BCUT2D eigenvalue weighted by Gasteiger charge is 2.19. The van der Waals surface area contributed by atoms with Crippen molar-refractivity contribution in [3.8, 4) is 0 Å². The van der Waals surface area contributed by atoms with Crippen LogP contribution in [-0.2, 0) is 4.79 Å². The van der Waals surface area contributed by atoms with Crippen LogP contribution in [-0.4, -0.2) is 6.08 Å². The predicted octanol–water partition coefficient (Wildman–Crippen LogP) is 4.05. The summed E-state index contributed by atoms with van der Waals surface area (Å²) < 4.78 is 0. The maximum absolute atomic E-state index is 10.1. The second kappa shape index (κ2) is 5.62. The molecule has 0 aliphatic rings. The zero-order valence-electron chi connectivity index (χ0n) is 10.4. The Labute approximate surface area is 97.4 Å². The molecule has 1 aromatic rings. The summed E-state index contributed by atoms with van der Waals surface area (Å²) >= 11 is 0. The first-order valence-electron chi connectivity index (χ1n) is 5.74. The first-order chi connectivity index (χ1) is 7.56. The SMILES string of the molecule is CC(C)C(c1ccc(N=C=O)cc1)C(C)C. The molecule has 0 spiro atoms. The fourth-order valence-corrected chi connectivity index (χ4v) is 2.36. The van der Waals surface area contributed by atoms with Crippen LogP contribution in [0, 0.1) is 11.8 Å². The van der Waals surface area contributed by atoms with Gasteiger partial charge in [0.1, 0.15) is 0 Å². The van der Waals surface area contributed by atoms with Crippen molar-refractivity contribution >= 4 is 11.8 Å². The smallest absolute Gasteiger partial charge is 0.211 e. The van der Waals surface area contributed by atoms with Crippen molar-refractivity contribution in [2.45, 2.75) is 33.6 Å². The summed E-state index contributed by atoms with van der Waals surface area (Å²) in [7, 11) is 0. The zero-order chi connectivity index (χ0) is 12.1. The molecule has 86 valence electrons. The molecule has 0 radical (unpaired) electrons. The Morgan fingerprint density at radius 1 is 1.00 bits per heavy atom. The molecule has 0 aliphatic carbocycles. The van der Waals surface area contributed by atoms with Gasteiger partial charge in [0.25, 0.3) is 0 Å². The molecule has 0 amide bonds. The lowest BCUT2D eigenvalue weighted by atomic mass is 9.80. The molecule has 0 bridgehead atoms. The van der Waals surface area contributed by atoms with Gasteiger partial charge >= 0.3 is 0 Å². The topological polar surface area (TPSA) is 29.4 Å². The van der Waals surface area contributed by atoms with E-state index in [1.165, 1.54) is 5.56 Å². The van der Waals surface area contributed by atoms with Crippen LogP contribution in [0.3, 0.4) is 0 Å². The molecule has 0 aliphatic heterocycles. The van der Waals surface area contributed by atoms with Crippen LogP contribution in [0.25, 0.3) is 0 Å². The predicted molar refractivity (Wildman–Crippen MR) is 66.6 cm³/mol. The van der Waals surface area contributed by atoms with E-state index < -0.39 is 0 Å². The fourth-order valence-electron chi connectivity index (χ4n) is 2.36. The lowest BCUT2D eigenvalue weighted by Crippen LogP contribution is -2.13. The summed E-state index contributed by atoms with van der Waals surface area (Å²) in [5, 5.41) is 0. The minimum absolute atomic E-state index is 0.550. The fraction of sp³-hybridized carbons (Fsp3) is 0.500. The lowest BCUT2D eigenvalue weighted by Gasteiger charge is -2.25. The highest BCUT2D eigenvalue weighted by atomic mass is 16.1. The monoisotopic (exact) mass is 217 g/mol. The average molecular weight is 217 g/mol. The van der Waals surface area contributed by atoms with Crippen LogP contribution in [0.1, 0.15) is 39.2 Å². The van der Waals surface area contributed by atoms with E-state index in [4.69, 9.17) is 0 Å². The average Bonchev–Trinajstić information content (AvgIpc) is 2.20. The second-order valence-corrected chi connectivity index (χ2v) is 4.81. The van der Waals surface area contributed by atoms with E-state index in [2.05, 4.69) is 44.8 Å². The van der Waals surface area contributed by atoms with Gasteiger partial charge in [-0.15, -0.1) is 0 Å². The number of rotatable bonds is 4. The van der Waals surface area contributed by atoms with Crippen LogP contribution in [0.15, 0.2) is 29.3 Å². The Kier molecular flexibility index (Phi) is 4.45. The highest BCUT2D eigenvalue weighted by Crippen LogP contribution is 2.32. The van der Waals surface area contributed by atoms with E-state index in [1.54, 1.807) is 6.08 Å². The van der Waals surface area contributed by atoms with Crippen molar-refractivity contribution in [1.82, 2.24) is 0 Å². The number of isocyanates is 1. The van der Waals surface area contributed by atoms with E-state index in [1.807, 2.05) is 12.1 Å². The third kappa shape index (κ3) is 3.04. The minimum Gasteiger partial charge on any atom is -0.211 e. The van der Waals surface area contributed by atoms with Gasteiger partial charge in [-0.25, -0.2) is 4.79 Å². The molecule has 0 fully saturated rings. The molecule has 0 aromatic heterocycles. The normalized spacial score (nSPS) is 10.9. The summed E-state index contributed by atoms with van der Waals surface area (Å²) in [5.74, 6) is 1.77. The van der Waals surface area contributed by atoms with Crippen LogP contribution in [0.2, 0.25) is 0 Å². The molecule has 0 N–H and O–H groups in total. The second-order valence-electron chi connectivity index (χ2n) is 4.81. The molecule has 0 saturated carbocycles. The zero-order valence-corrected chi connectivity index (χ0v) is 10.4. The maximum atomic E-state index is 10.1. The van der Waals surface area contributed by atoms with Crippen molar-refractivity contribution in [2.24, 2.45) is 16.8 Å². The third-order valence-electron chi connectivity index (χ3n) is 2.89. The molecule has 0 heterocycles. The summed E-state index contributed by atoms with van der Waals surface area (Å²) in [5.41, 5.74) is 1.99. The van der Waals surface area contributed by atoms with Gasteiger partial charge < -0.3 is 0 Å². The largest absolute Gasteiger partial charge is 0.240 e. The van der Waals surface area contributed by atoms with Crippen LogP contribution in [0.4, 0.5) is 5.69 Å². The van der Waals surface area contributed by atoms with Gasteiger partial charge in [-0.1, -0.05) is 39.8 Å². The summed E-state index contributed by atoms with van der Waals surface area (Å²) in [6.07, 6.45) is 1.55. The summed E-state index contributed by atoms with van der Waals surface area (Å²) in [4.78, 5) is 13.7. The molecule has 1 rings (SSSR count). The van der Waals surface area contributed by atoms with Gasteiger partial charge in [0.15, 0.2) is 0 Å².